The first-order chi connectivity index (χ1) is 17.4. The Morgan fingerprint density at radius 1 is 1.03 bits per heavy atom. The molecule has 0 spiro atoms. The van der Waals surface area contributed by atoms with Gasteiger partial charge in [0.1, 0.15) is 11.4 Å². The Morgan fingerprint density at radius 3 is 2.38 bits per heavy atom. The third-order valence-corrected chi connectivity index (χ3v) is 5.78. The molecule has 196 valence electrons. The first-order valence-corrected chi connectivity index (χ1v) is 12.0. The van der Waals surface area contributed by atoms with Crippen molar-refractivity contribution in [1.29, 1.82) is 0 Å². The average molecular weight is 515 g/mol. The number of nitrogens with one attached hydrogen (secondary N) is 2. The summed E-state index contributed by atoms with van der Waals surface area (Å²) < 4.78 is 43.4. The van der Waals surface area contributed by atoms with Gasteiger partial charge in [0.25, 0.3) is 0 Å². The zero-order chi connectivity index (χ0) is 26.8. The Balaban J connectivity index is 1.27. The fraction of sp³-hybridized carbons (Fsp3) is 0.370. The Morgan fingerprint density at radius 2 is 1.73 bits per heavy atom. The van der Waals surface area contributed by atoms with E-state index in [1.54, 1.807) is 17.0 Å². The lowest BCUT2D eigenvalue weighted by Gasteiger charge is -2.40. The van der Waals surface area contributed by atoms with Crippen LogP contribution in [0.4, 0.5) is 29.5 Å². The molecule has 3 aromatic rings. The molecule has 0 bridgehead atoms. The van der Waals surface area contributed by atoms with Crippen LogP contribution in [0.15, 0.2) is 54.6 Å². The third kappa shape index (κ3) is 7.12. The van der Waals surface area contributed by atoms with Crippen LogP contribution in [-0.2, 0) is 22.1 Å². The van der Waals surface area contributed by atoms with Gasteiger partial charge in [0.2, 0.25) is 5.91 Å². The van der Waals surface area contributed by atoms with E-state index in [0.29, 0.717) is 36.6 Å². The predicted molar refractivity (Wildman–Crippen MR) is 135 cm³/mol. The zero-order valence-electron chi connectivity index (χ0n) is 20.9. The van der Waals surface area contributed by atoms with E-state index in [0.717, 1.165) is 23.0 Å². The number of benzene rings is 2. The highest BCUT2D eigenvalue weighted by atomic mass is 19.4. The number of ether oxygens (including phenoxy) is 1. The van der Waals surface area contributed by atoms with Gasteiger partial charge in [0.05, 0.1) is 17.1 Å². The smallest absolute Gasteiger partial charge is 0.416 e. The zero-order valence-corrected chi connectivity index (χ0v) is 20.9. The number of nitrogens with zero attached hydrogens (tertiary/aromatic N) is 2. The normalized spacial score (nSPS) is 14.3. The Hall–Kier alpha value is -3.82. The van der Waals surface area contributed by atoms with Gasteiger partial charge in [0.15, 0.2) is 0 Å². The first-order valence-electron chi connectivity index (χ1n) is 12.0. The molecule has 37 heavy (non-hydrogen) atoms. The summed E-state index contributed by atoms with van der Waals surface area (Å²) in [6.45, 7) is 6.57. The fourth-order valence-corrected chi connectivity index (χ4v) is 3.88. The second-order valence-electron chi connectivity index (χ2n) is 10.1. The number of carbonyl (C=O) groups is 2. The maximum absolute atomic E-state index is 12.7. The summed E-state index contributed by atoms with van der Waals surface area (Å²) >= 11 is 0. The molecule has 10 heteroatoms. The van der Waals surface area contributed by atoms with Gasteiger partial charge >= 0.3 is 12.3 Å². The van der Waals surface area contributed by atoms with Crippen molar-refractivity contribution in [2.75, 3.05) is 23.7 Å². The second-order valence-corrected chi connectivity index (χ2v) is 10.1. The molecule has 7 nitrogen and oxygen atoms in total. The van der Waals surface area contributed by atoms with Crippen LogP contribution >= 0.6 is 0 Å². The fourth-order valence-electron chi connectivity index (χ4n) is 3.88. The van der Waals surface area contributed by atoms with Crippen molar-refractivity contribution in [3.63, 3.8) is 0 Å². The maximum Gasteiger partial charge on any atom is 0.416 e. The average Bonchev–Trinajstić information content (AvgIpc) is 2.78. The van der Waals surface area contributed by atoms with E-state index < -0.39 is 17.3 Å². The highest BCUT2D eigenvalue weighted by Crippen LogP contribution is 2.29. The Bertz CT molecular complexity index is 1280. The summed E-state index contributed by atoms with van der Waals surface area (Å²) in [5, 5.41) is 6.98. The van der Waals surface area contributed by atoms with E-state index in [2.05, 4.69) is 15.6 Å². The van der Waals surface area contributed by atoms with Crippen molar-refractivity contribution in [1.82, 2.24) is 9.88 Å². The number of carbonyl (C=O) groups excluding carboxylic acids is 2. The third-order valence-electron chi connectivity index (χ3n) is 5.78. The van der Waals surface area contributed by atoms with Gasteiger partial charge in [-0.1, -0.05) is 12.1 Å². The van der Waals surface area contributed by atoms with E-state index >= 15 is 0 Å². The molecule has 1 fully saturated rings. The minimum absolute atomic E-state index is 0.0840. The molecule has 2 N–H and O–H groups in total. The predicted octanol–water partition coefficient (Wildman–Crippen LogP) is 5.86. The molecule has 2 heterocycles. The van der Waals surface area contributed by atoms with Crippen LogP contribution in [0.25, 0.3) is 10.9 Å². The minimum atomic E-state index is -4.38. The SMILES string of the molecule is CC(C)(C)OC(=O)N1CC(Nc2ccc3cc(NC(=O)CCc4ccc(C(F)(F)F)cc4)ccc3n2)C1. The van der Waals surface area contributed by atoms with Gasteiger partial charge in [-0.25, -0.2) is 9.78 Å². The highest BCUT2D eigenvalue weighted by molar-refractivity contribution is 5.94. The van der Waals surface area contributed by atoms with Crippen molar-refractivity contribution in [3.05, 3.63) is 65.7 Å². The number of hydrogen-bond donors (Lipinski definition) is 2. The highest BCUT2D eigenvalue weighted by Gasteiger charge is 2.34. The molecule has 0 atom stereocenters. The number of pyridine rings is 1. The van der Waals surface area contributed by atoms with Gasteiger partial charge < -0.3 is 20.3 Å². The first kappa shape index (κ1) is 26.2. The summed E-state index contributed by atoms with van der Waals surface area (Å²) in [4.78, 5) is 30.7. The topological polar surface area (TPSA) is 83.6 Å². The van der Waals surface area contributed by atoms with Crippen LogP contribution in [0.3, 0.4) is 0 Å². The van der Waals surface area contributed by atoms with Crippen molar-refractivity contribution in [3.8, 4) is 0 Å². The van der Waals surface area contributed by atoms with E-state index in [1.165, 1.54) is 12.1 Å². The molecule has 0 saturated carbocycles. The lowest BCUT2D eigenvalue weighted by molar-refractivity contribution is -0.137. The second kappa shape index (κ2) is 10.3. The molecule has 0 unspecified atom stereocenters. The number of halogens is 3. The Labute approximate surface area is 213 Å². The molecular weight excluding hydrogens is 485 g/mol. The molecule has 1 saturated heterocycles. The van der Waals surface area contributed by atoms with Crippen molar-refractivity contribution in [2.45, 2.75) is 51.4 Å². The minimum Gasteiger partial charge on any atom is -0.444 e. The van der Waals surface area contributed by atoms with E-state index in [9.17, 15) is 22.8 Å². The molecule has 2 aromatic carbocycles. The number of alkyl halides is 3. The number of rotatable bonds is 6. The van der Waals surface area contributed by atoms with Crippen LogP contribution in [-0.4, -0.2) is 46.6 Å². The van der Waals surface area contributed by atoms with Crippen LogP contribution in [0.2, 0.25) is 0 Å². The van der Waals surface area contributed by atoms with Gasteiger partial charge in [0, 0.05) is 30.6 Å². The van der Waals surface area contributed by atoms with Crippen molar-refractivity contribution in [2.24, 2.45) is 0 Å². The van der Waals surface area contributed by atoms with Gasteiger partial charge in [-0.15, -0.1) is 0 Å². The van der Waals surface area contributed by atoms with Gasteiger partial charge in [-0.2, -0.15) is 13.2 Å². The van der Waals surface area contributed by atoms with Crippen molar-refractivity contribution < 1.29 is 27.5 Å². The number of aromatic nitrogens is 1. The molecule has 1 aromatic heterocycles. The summed E-state index contributed by atoms with van der Waals surface area (Å²) in [6.07, 6.45) is -4.23. The monoisotopic (exact) mass is 514 g/mol. The summed E-state index contributed by atoms with van der Waals surface area (Å²) in [7, 11) is 0. The lowest BCUT2D eigenvalue weighted by Crippen LogP contribution is -2.58. The molecule has 1 aliphatic heterocycles. The molecule has 4 rings (SSSR count). The molecular formula is C27H29F3N4O3. The number of likely N-dealkylation sites (tertiary alicyclic amines) is 1. The summed E-state index contributed by atoms with van der Waals surface area (Å²) in [6, 6.07) is 14.0. The van der Waals surface area contributed by atoms with Gasteiger partial charge in [-0.05, 0) is 75.2 Å². The van der Waals surface area contributed by atoms with Crippen LogP contribution in [0.5, 0.6) is 0 Å². The molecule has 0 aliphatic carbocycles. The standard InChI is InChI=1S/C27H29F3N4O3/c1-26(2,3)37-25(36)34-15-21(16-34)31-23-12-7-18-14-20(10-11-22(18)33-23)32-24(35)13-6-17-4-8-19(9-5-17)27(28,29)30/h4-5,7-12,14,21H,6,13,15-16H2,1-3H3,(H,31,33)(H,32,35). The summed E-state index contributed by atoms with van der Waals surface area (Å²) in [5.74, 6) is 0.458. The quantitative estimate of drug-likeness (QED) is 0.431. The number of anilines is 2. The lowest BCUT2D eigenvalue weighted by atomic mass is 10.1. The number of fused-ring (bicyclic) bond motifs is 1. The summed E-state index contributed by atoms with van der Waals surface area (Å²) in [5.41, 5.74) is 0.779. The molecule has 0 radical (unpaired) electrons. The molecule has 1 aliphatic rings. The van der Waals surface area contributed by atoms with E-state index in [1.807, 2.05) is 39.0 Å². The number of hydrogen-bond acceptors (Lipinski definition) is 5. The molecule has 2 amide bonds. The number of aryl methyl sites for hydroxylation is 1. The van der Waals surface area contributed by atoms with Crippen LogP contribution in [0.1, 0.15) is 38.3 Å². The van der Waals surface area contributed by atoms with Crippen LogP contribution < -0.4 is 10.6 Å². The number of amides is 2. The van der Waals surface area contributed by atoms with Crippen molar-refractivity contribution >= 4 is 34.4 Å². The Kier molecular flexibility index (Phi) is 7.29. The van der Waals surface area contributed by atoms with E-state index in [-0.39, 0.29) is 24.5 Å². The van der Waals surface area contributed by atoms with E-state index in [4.69, 9.17) is 4.74 Å². The largest absolute Gasteiger partial charge is 0.444 e. The van der Waals surface area contributed by atoms with Gasteiger partial charge in [-0.3, -0.25) is 4.79 Å². The maximum atomic E-state index is 12.7. The van der Waals surface area contributed by atoms with Crippen LogP contribution in [0, 0.1) is 0 Å².